The van der Waals surface area contributed by atoms with Crippen molar-refractivity contribution >= 4 is 5.91 Å². The van der Waals surface area contributed by atoms with E-state index in [1.165, 1.54) is 0 Å². The van der Waals surface area contributed by atoms with E-state index in [1.807, 2.05) is 35.0 Å². The molecule has 3 aromatic heterocycles. The van der Waals surface area contributed by atoms with Crippen molar-refractivity contribution in [3.05, 3.63) is 48.1 Å². The van der Waals surface area contributed by atoms with E-state index in [-0.39, 0.29) is 5.91 Å². The van der Waals surface area contributed by atoms with Crippen molar-refractivity contribution in [3.63, 3.8) is 0 Å². The average molecular weight is 382 g/mol. The minimum atomic E-state index is 0.0643. The minimum absolute atomic E-state index is 0.0643. The summed E-state index contributed by atoms with van der Waals surface area (Å²) >= 11 is 0. The van der Waals surface area contributed by atoms with Crippen LogP contribution in [0.5, 0.6) is 0 Å². The molecule has 1 aliphatic rings. The zero-order valence-electron chi connectivity index (χ0n) is 16.4. The van der Waals surface area contributed by atoms with Gasteiger partial charge in [0.1, 0.15) is 12.4 Å². The molecule has 28 heavy (non-hydrogen) atoms. The fourth-order valence-corrected chi connectivity index (χ4v) is 3.82. The molecule has 3 aromatic rings. The van der Waals surface area contributed by atoms with Crippen LogP contribution in [0.15, 0.2) is 30.9 Å². The Morgan fingerprint density at radius 2 is 1.93 bits per heavy atom. The van der Waals surface area contributed by atoms with Gasteiger partial charge in [-0.2, -0.15) is 10.2 Å². The second-order valence-electron chi connectivity index (χ2n) is 7.07. The number of aromatic nitrogens is 7. The largest absolute Gasteiger partial charge is 0.339 e. The van der Waals surface area contributed by atoms with Crippen LogP contribution in [-0.2, 0) is 19.6 Å². The maximum atomic E-state index is 12.7. The van der Waals surface area contributed by atoms with Gasteiger partial charge in [0, 0.05) is 50.7 Å². The van der Waals surface area contributed by atoms with E-state index in [4.69, 9.17) is 0 Å². The summed E-state index contributed by atoms with van der Waals surface area (Å²) in [4.78, 5) is 14.6. The SMILES string of the molecule is CCn1cc(C(=O)N2CCC(c3nnc(Cn4cccn4)n3CC)CC2)cn1. The highest BCUT2D eigenvalue weighted by molar-refractivity contribution is 5.93. The van der Waals surface area contributed by atoms with Crippen LogP contribution in [-0.4, -0.2) is 58.2 Å². The first-order valence-corrected chi connectivity index (χ1v) is 9.90. The van der Waals surface area contributed by atoms with Gasteiger partial charge in [0.25, 0.3) is 5.91 Å². The molecule has 4 rings (SSSR count). The molecule has 1 amide bonds. The van der Waals surface area contributed by atoms with E-state index in [9.17, 15) is 4.79 Å². The molecule has 148 valence electrons. The number of nitrogens with zero attached hydrogens (tertiary/aromatic N) is 8. The van der Waals surface area contributed by atoms with E-state index in [2.05, 4.69) is 31.9 Å². The zero-order chi connectivity index (χ0) is 19.5. The summed E-state index contributed by atoms with van der Waals surface area (Å²) in [6.07, 6.45) is 8.97. The van der Waals surface area contributed by atoms with Gasteiger partial charge in [-0.1, -0.05) is 0 Å². The molecule has 0 bridgehead atoms. The number of amides is 1. The van der Waals surface area contributed by atoms with E-state index >= 15 is 0 Å². The van der Waals surface area contributed by atoms with Crippen LogP contribution < -0.4 is 0 Å². The molecule has 9 nitrogen and oxygen atoms in total. The molecule has 0 radical (unpaired) electrons. The van der Waals surface area contributed by atoms with Crippen LogP contribution >= 0.6 is 0 Å². The molecular formula is C19H26N8O. The number of likely N-dealkylation sites (tertiary alicyclic amines) is 1. The Morgan fingerprint density at radius 1 is 1.11 bits per heavy atom. The number of carbonyl (C=O) groups excluding carboxylic acids is 1. The summed E-state index contributed by atoms with van der Waals surface area (Å²) in [6, 6.07) is 1.91. The van der Waals surface area contributed by atoms with Crippen molar-refractivity contribution in [3.8, 4) is 0 Å². The van der Waals surface area contributed by atoms with E-state index in [1.54, 1.807) is 17.1 Å². The smallest absolute Gasteiger partial charge is 0.257 e. The monoisotopic (exact) mass is 382 g/mol. The third-order valence-electron chi connectivity index (χ3n) is 5.39. The Hall–Kier alpha value is -2.97. The number of carbonyl (C=O) groups is 1. The second kappa shape index (κ2) is 7.95. The Labute approximate surface area is 164 Å². The summed E-state index contributed by atoms with van der Waals surface area (Å²) in [6.45, 7) is 7.79. The predicted octanol–water partition coefficient (Wildman–Crippen LogP) is 1.78. The molecule has 0 spiro atoms. The molecule has 0 aliphatic carbocycles. The van der Waals surface area contributed by atoms with Crippen LogP contribution in [0.1, 0.15) is 54.6 Å². The molecule has 1 saturated heterocycles. The standard InChI is InChI=1S/C19H26N8O/c1-3-25-13-16(12-21-25)19(28)24-10-6-15(7-11-24)18-23-22-17(27(18)4-2)14-26-9-5-8-20-26/h5,8-9,12-13,15H,3-4,6-7,10-11,14H2,1-2H3. The lowest BCUT2D eigenvalue weighted by Crippen LogP contribution is -2.38. The fourth-order valence-electron chi connectivity index (χ4n) is 3.82. The highest BCUT2D eigenvalue weighted by Gasteiger charge is 2.28. The van der Waals surface area contributed by atoms with Gasteiger partial charge < -0.3 is 9.47 Å². The molecule has 9 heteroatoms. The Bertz CT molecular complexity index is 918. The van der Waals surface area contributed by atoms with Crippen molar-refractivity contribution < 1.29 is 4.79 Å². The fraction of sp³-hybridized carbons (Fsp3) is 0.526. The van der Waals surface area contributed by atoms with Crippen LogP contribution in [0.2, 0.25) is 0 Å². The lowest BCUT2D eigenvalue weighted by molar-refractivity contribution is 0.0710. The molecule has 0 atom stereocenters. The maximum Gasteiger partial charge on any atom is 0.257 e. The van der Waals surface area contributed by atoms with Crippen molar-refractivity contribution in [2.45, 2.75) is 52.2 Å². The predicted molar refractivity (Wildman–Crippen MR) is 103 cm³/mol. The van der Waals surface area contributed by atoms with Gasteiger partial charge in [-0.25, -0.2) is 0 Å². The Balaban J connectivity index is 1.42. The van der Waals surface area contributed by atoms with Crippen LogP contribution in [0.4, 0.5) is 0 Å². The van der Waals surface area contributed by atoms with Gasteiger partial charge in [-0.3, -0.25) is 14.2 Å². The van der Waals surface area contributed by atoms with Gasteiger partial charge in [-0.15, -0.1) is 10.2 Å². The van der Waals surface area contributed by atoms with E-state index in [0.29, 0.717) is 18.0 Å². The van der Waals surface area contributed by atoms with Crippen LogP contribution in [0, 0.1) is 0 Å². The third-order valence-corrected chi connectivity index (χ3v) is 5.39. The van der Waals surface area contributed by atoms with E-state index in [0.717, 1.165) is 50.7 Å². The topological polar surface area (TPSA) is 86.7 Å². The first-order chi connectivity index (χ1) is 13.7. The molecule has 4 heterocycles. The number of aryl methyl sites for hydroxylation is 1. The molecule has 1 fully saturated rings. The Kier molecular flexibility index (Phi) is 5.23. The number of piperidine rings is 1. The summed E-state index contributed by atoms with van der Waals surface area (Å²) < 4.78 is 5.83. The summed E-state index contributed by atoms with van der Waals surface area (Å²) in [5.41, 5.74) is 0.665. The molecule has 0 unspecified atom stereocenters. The van der Waals surface area contributed by atoms with Crippen molar-refractivity contribution in [1.29, 1.82) is 0 Å². The van der Waals surface area contributed by atoms with Gasteiger partial charge in [0.15, 0.2) is 5.82 Å². The lowest BCUT2D eigenvalue weighted by Gasteiger charge is -2.31. The molecule has 0 N–H and O–H groups in total. The molecule has 0 saturated carbocycles. The van der Waals surface area contributed by atoms with Gasteiger partial charge >= 0.3 is 0 Å². The normalized spacial score (nSPS) is 15.3. The van der Waals surface area contributed by atoms with Gasteiger partial charge in [0.2, 0.25) is 0 Å². The van der Waals surface area contributed by atoms with Crippen LogP contribution in [0.25, 0.3) is 0 Å². The minimum Gasteiger partial charge on any atom is -0.339 e. The van der Waals surface area contributed by atoms with Crippen molar-refractivity contribution in [1.82, 2.24) is 39.2 Å². The average Bonchev–Trinajstić information content (AvgIpc) is 3.48. The van der Waals surface area contributed by atoms with Gasteiger partial charge in [0.05, 0.1) is 11.8 Å². The molecule has 0 aromatic carbocycles. The van der Waals surface area contributed by atoms with Crippen LogP contribution in [0.3, 0.4) is 0 Å². The second-order valence-corrected chi connectivity index (χ2v) is 7.07. The first kappa shape index (κ1) is 18.4. The third kappa shape index (κ3) is 3.56. The molecular weight excluding hydrogens is 356 g/mol. The molecule has 1 aliphatic heterocycles. The summed E-state index contributed by atoms with van der Waals surface area (Å²) in [5.74, 6) is 2.33. The van der Waals surface area contributed by atoms with Crippen molar-refractivity contribution in [2.24, 2.45) is 0 Å². The number of rotatable bonds is 6. The maximum absolute atomic E-state index is 12.7. The summed E-state index contributed by atoms with van der Waals surface area (Å²) in [7, 11) is 0. The quantitative estimate of drug-likeness (QED) is 0.649. The summed E-state index contributed by atoms with van der Waals surface area (Å²) in [5, 5.41) is 17.4. The van der Waals surface area contributed by atoms with E-state index < -0.39 is 0 Å². The van der Waals surface area contributed by atoms with Crippen molar-refractivity contribution in [2.75, 3.05) is 13.1 Å². The Morgan fingerprint density at radius 3 is 2.57 bits per heavy atom. The first-order valence-electron chi connectivity index (χ1n) is 9.90. The number of hydrogen-bond acceptors (Lipinski definition) is 5. The van der Waals surface area contributed by atoms with Gasteiger partial charge in [-0.05, 0) is 32.8 Å². The number of hydrogen-bond donors (Lipinski definition) is 0. The highest BCUT2D eigenvalue weighted by atomic mass is 16.2. The zero-order valence-corrected chi connectivity index (χ0v) is 16.4. The lowest BCUT2D eigenvalue weighted by atomic mass is 9.95. The highest BCUT2D eigenvalue weighted by Crippen LogP contribution is 2.28.